The largest absolute Gasteiger partial charge is 0.362 e. The third-order valence-corrected chi connectivity index (χ3v) is 3.71. The van der Waals surface area contributed by atoms with Gasteiger partial charge in [0, 0.05) is 39.4 Å². The molecule has 0 fully saturated rings. The Kier molecular flexibility index (Phi) is 4.73. The number of nitrogens with one attached hydrogen (secondary N) is 2. The number of hydrogen-bond acceptors (Lipinski definition) is 7. The molecular formula is C16H20N8O. The quantitative estimate of drug-likeness (QED) is 0.676. The summed E-state index contributed by atoms with van der Waals surface area (Å²) in [6.07, 6.45) is 4.73. The first-order valence-electron chi connectivity index (χ1n) is 7.79. The van der Waals surface area contributed by atoms with Gasteiger partial charge >= 0.3 is 0 Å². The number of imidazole rings is 1. The van der Waals surface area contributed by atoms with Crippen molar-refractivity contribution in [3.63, 3.8) is 0 Å². The summed E-state index contributed by atoms with van der Waals surface area (Å²) in [6.45, 7) is 0.583. The first-order chi connectivity index (χ1) is 12.1. The van der Waals surface area contributed by atoms with Crippen molar-refractivity contribution < 1.29 is 4.79 Å². The zero-order valence-corrected chi connectivity index (χ0v) is 14.4. The standard InChI is InChI=1S/C16H20N8O/c1-23(2)15-11(5-4-6-17-15)7-18-12(25)8-24(3)16-13-14(20-9-19-13)21-10-22-16/h4-6,9-10H,7-8H2,1-3H3,(H,18,25)(H,19,20,21,22). The maximum atomic E-state index is 12.3. The van der Waals surface area contributed by atoms with E-state index in [0.717, 1.165) is 11.4 Å². The third kappa shape index (κ3) is 3.65. The van der Waals surface area contributed by atoms with Crippen LogP contribution in [0.15, 0.2) is 31.0 Å². The lowest BCUT2D eigenvalue weighted by atomic mass is 10.2. The van der Waals surface area contributed by atoms with Gasteiger partial charge in [-0.05, 0) is 6.07 Å². The van der Waals surface area contributed by atoms with E-state index in [1.807, 2.05) is 31.1 Å². The summed E-state index contributed by atoms with van der Waals surface area (Å²) in [7, 11) is 5.65. The monoisotopic (exact) mass is 340 g/mol. The molecule has 9 nitrogen and oxygen atoms in total. The van der Waals surface area contributed by atoms with Gasteiger partial charge in [-0.1, -0.05) is 6.07 Å². The highest BCUT2D eigenvalue weighted by Gasteiger charge is 2.14. The molecule has 1 amide bonds. The summed E-state index contributed by atoms with van der Waals surface area (Å²) in [5.74, 6) is 1.36. The number of anilines is 2. The Morgan fingerprint density at radius 1 is 1.16 bits per heavy atom. The van der Waals surface area contributed by atoms with Crippen LogP contribution in [0.3, 0.4) is 0 Å². The van der Waals surface area contributed by atoms with Crippen LogP contribution in [0.5, 0.6) is 0 Å². The lowest BCUT2D eigenvalue weighted by Crippen LogP contribution is -2.35. The van der Waals surface area contributed by atoms with Crippen molar-refractivity contribution >= 4 is 28.7 Å². The van der Waals surface area contributed by atoms with Crippen molar-refractivity contribution in [1.29, 1.82) is 0 Å². The number of carbonyl (C=O) groups is 1. The number of aromatic amines is 1. The van der Waals surface area contributed by atoms with Crippen LogP contribution in [0.2, 0.25) is 0 Å². The Labute approximate surface area is 145 Å². The lowest BCUT2D eigenvalue weighted by Gasteiger charge is -2.19. The highest BCUT2D eigenvalue weighted by Crippen LogP contribution is 2.18. The van der Waals surface area contributed by atoms with E-state index in [9.17, 15) is 4.79 Å². The minimum atomic E-state index is -0.109. The maximum absolute atomic E-state index is 12.3. The molecule has 0 atom stereocenters. The first kappa shape index (κ1) is 16.6. The topological polar surface area (TPSA) is 103 Å². The number of rotatable bonds is 6. The number of pyridine rings is 1. The molecule has 0 aliphatic carbocycles. The van der Waals surface area contributed by atoms with Crippen LogP contribution >= 0.6 is 0 Å². The van der Waals surface area contributed by atoms with E-state index in [0.29, 0.717) is 23.5 Å². The fourth-order valence-corrected chi connectivity index (χ4v) is 2.55. The Hall–Kier alpha value is -3.23. The number of carbonyl (C=O) groups excluding carboxylic acids is 1. The molecule has 0 bridgehead atoms. The van der Waals surface area contributed by atoms with Crippen molar-refractivity contribution in [2.75, 3.05) is 37.5 Å². The molecule has 0 spiro atoms. The van der Waals surface area contributed by atoms with E-state index < -0.39 is 0 Å². The smallest absolute Gasteiger partial charge is 0.239 e. The maximum Gasteiger partial charge on any atom is 0.239 e. The summed E-state index contributed by atoms with van der Waals surface area (Å²) >= 11 is 0. The number of likely N-dealkylation sites (N-methyl/N-ethyl adjacent to an activating group) is 1. The minimum absolute atomic E-state index is 0.109. The van der Waals surface area contributed by atoms with E-state index in [1.165, 1.54) is 6.33 Å². The summed E-state index contributed by atoms with van der Waals surface area (Å²) in [4.78, 5) is 35.7. The van der Waals surface area contributed by atoms with Gasteiger partial charge in [0.05, 0.1) is 12.9 Å². The second-order valence-corrected chi connectivity index (χ2v) is 5.81. The Morgan fingerprint density at radius 3 is 2.80 bits per heavy atom. The summed E-state index contributed by atoms with van der Waals surface area (Å²) in [5, 5.41) is 2.92. The molecule has 3 heterocycles. The van der Waals surface area contributed by atoms with Gasteiger partial charge in [-0.2, -0.15) is 0 Å². The van der Waals surface area contributed by atoms with Crippen molar-refractivity contribution in [2.24, 2.45) is 0 Å². The zero-order chi connectivity index (χ0) is 17.8. The molecule has 0 radical (unpaired) electrons. The first-order valence-corrected chi connectivity index (χ1v) is 7.79. The zero-order valence-electron chi connectivity index (χ0n) is 14.4. The van der Waals surface area contributed by atoms with Gasteiger partial charge in [0.15, 0.2) is 11.5 Å². The van der Waals surface area contributed by atoms with Crippen LogP contribution in [-0.2, 0) is 11.3 Å². The van der Waals surface area contributed by atoms with Crippen LogP contribution in [0, 0.1) is 0 Å². The molecule has 3 aromatic heterocycles. The summed E-state index contributed by atoms with van der Waals surface area (Å²) < 4.78 is 0. The number of H-pyrrole nitrogens is 1. The highest BCUT2D eigenvalue weighted by atomic mass is 16.2. The van der Waals surface area contributed by atoms with Gasteiger partial charge in [-0.3, -0.25) is 4.79 Å². The number of amides is 1. The van der Waals surface area contributed by atoms with Gasteiger partial charge in [0.25, 0.3) is 0 Å². The SMILES string of the molecule is CN(C)c1ncccc1CNC(=O)CN(C)c1ncnc2nc[nH]c12. The molecule has 0 aliphatic rings. The van der Waals surface area contributed by atoms with E-state index in [-0.39, 0.29) is 12.5 Å². The van der Waals surface area contributed by atoms with Gasteiger partial charge < -0.3 is 20.1 Å². The summed E-state index contributed by atoms with van der Waals surface area (Å²) in [5.41, 5.74) is 2.24. The minimum Gasteiger partial charge on any atom is -0.362 e. The molecule has 3 rings (SSSR count). The molecule has 0 aromatic carbocycles. The fourth-order valence-electron chi connectivity index (χ4n) is 2.55. The molecule has 9 heteroatoms. The van der Waals surface area contributed by atoms with Gasteiger partial charge in [0.1, 0.15) is 17.7 Å². The van der Waals surface area contributed by atoms with Crippen LogP contribution in [-0.4, -0.2) is 58.5 Å². The summed E-state index contributed by atoms with van der Waals surface area (Å²) in [6, 6.07) is 3.81. The van der Waals surface area contributed by atoms with Crippen molar-refractivity contribution in [3.8, 4) is 0 Å². The molecule has 25 heavy (non-hydrogen) atoms. The van der Waals surface area contributed by atoms with Gasteiger partial charge in [-0.15, -0.1) is 0 Å². The number of aromatic nitrogens is 5. The normalized spacial score (nSPS) is 10.7. The highest BCUT2D eigenvalue weighted by molar-refractivity contribution is 5.87. The number of fused-ring (bicyclic) bond motifs is 1. The van der Waals surface area contributed by atoms with Crippen molar-refractivity contribution in [2.45, 2.75) is 6.54 Å². The molecule has 0 unspecified atom stereocenters. The fraction of sp³-hybridized carbons (Fsp3) is 0.312. The Morgan fingerprint density at radius 2 is 2.00 bits per heavy atom. The molecule has 0 saturated carbocycles. The molecule has 0 aliphatic heterocycles. The predicted octanol–water partition coefficient (Wildman–Crippen LogP) is 0.567. The van der Waals surface area contributed by atoms with Crippen LogP contribution < -0.4 is 15.1 Å². The van der Waals surface area contributed by atoms with Crippen molar-refractivity contribution in [1.82, 2.24) is 30.2 Å². The van der Waals surface area contributed by atoms with Crippen molar-refractivity contribution in [3.05, 3.63) is 36.5 Å². The lowest BCUT2D eigenvalue weighted by molar-refractivity contribution is -0.119. The van der Waals surface area contributed by atoms with Crippen LogP contribution in [0.25, 0.3) is 11.2 Å². The third-order valence-electron chi connectivity index (χ3n) is 3.71. The molecule has 2 N–H and O–H groups in total. The average Bonchev–Trinajstić information content (AvgIpc) is 3.08. The number of hydrogen-bond donors (Lipinski definition) is 2. The Bertz CT molecular complexity index is 875. The average molecular weight is 340 g/mol. The van der Waals surface area contributed by atoms with E-state index in [4.69, 9.17) is 0 Å². The van der Waals surface area contributed by atoms with E-state index in [1.54, 1.807) is 24.5 Å². The Balaban J connectivity index is 1.64. The van der Waals surface area contributed by atoms with Gasteiger partial charge in [0.2, 0.25) is 5.91 Å². The molecular weight excluding hydrogens is 320 g/mol. The van der Waals surface area contributed by atoms with Crippen LogP contribution in [0.4, 0.5) is 11.6 Å². The molecule has 0 saturated heterocycles. The second kappa shape index (κ2) is 7.12. The van der Waals surface area contributed by atoms with E-state index >= 15 is 0 Å². The molecule has 3 aromatic rings. The second-order valence-electron chi connectivity index (χ2n) is 5.81. The van der Waals surface area contributed by atoms with E-state index in [2.05, 4.69) is 30.2 Å². The molecule has 130 valence electrons. The predicted molar refractivity (Wildman–Crippen MR) is 95.4 cm³/mol. The number of nitrogens with zero attached hydrogens (tertiary/aromatic N) is 6. The van der Waals surface area contributed by atoms with Crippen LogP contribution in [0.1, 0.15) is 5.56 Å². The van der Waals surface area contributed by atoms with Gasteiger partial charge in [-0.25, -0.2) is 19.9 Å².